The van der Waals surface area contributed by atoms with Gasteiger partial charge in [-0.05, 0) is 45.3 Å². The normalized spacial score (nSPS) is 18.6. The molecule has 0 aromatic heterocycles. The van der Waals surface area contributed by atoms with E-state index in [1.165, 1.54) is 6.42 Å². The van der Waals surface area contributed by atoms with Crippen LogP contribution in [0.5, 0.6) is 5.75 Å². The monoisotopic (exact) mass is 288 g/mol. The topological polar surface area (TPSA) is 35.9 Å². The molecule has 0 radical (unpaired) electrons. The number of ether oxygens (including phenoxy) is 1. The highest BCUT2D eigenvalue weighted by Crippen LogP contribution is 2.15. The first-order valence-corrected chi connectivity index (χ1v) is 7.40. The fourth-order valence-corrected chi connectivity index (χ4v) is 2.53. The van der Waals surface area contributed by atoms with Crippen LogP contribution in [0.25, 0.3) is 0 Å². The van der Waals surface area contributed by atoms with Crippen molar-refractivity contribution in [2.75, 3.05) is 46.9 Å². The molecule has 1 N–H and O–H groups in total. The first kappa shape index (κ1) is 15.8. The Kier molecular flexibility index (Phi) is 6.06. The zero-order valence-electron chi connectivity index (χ0n) is 12.9. The van der Waals surface area contributed by atoms with Gasteiger partial charge in [0.2, 0.25) is 0 Å². The van der Waals surface area contributed by atoms with E-state index in [9.17, 15) is 0 Å². The molecule has 1 aliphatic rings. The number of likely N-dealkylation sites (tertiary alicyclic amines) is 1. The summed E-state index contributed by atoms with van der Waals surface area (Å²) in [5.41, 5.74) is 0.871. The molecule has 0 amide bonds. The largest absolute Gasteiger partial charge is 0.492 e. The van der Waals surface area contributed by atoms with Crippen molar-refractivity contribution < 1.29 is 9.84 Å². The predicted molar refractivity (Wildman–Crippen MR) is 84.4 cm³/mol. The third-order valence-electron chi connectivity index (χ3n) is 3.80. The van der Waals surface area contributed by atoms with Gasteiger partial charge in [-0.2, -0.15) is 0 Å². The molecule has 1 fully saturated rings. The molecule has 0 spiro atoms. The van der Waals surface area contributed by atoms with Crippen LogP contribution >= 0.6 is 0 Å². The minimum absolute atomic E-state index is 0.118. The Morgan fingerprint density at radius 2 is 2.29 bits per heavy atom. The lowest BCUT2D eigenvalue weighted by molar-refractivity contribution is 0.220. The van der Waals surface area contributed by atoms with E-state index in [1.54, 1.807) is 0 Å². The molecule has 4 nitrogen and oxygen atoms in total. The SMILES string of the molecule is CN(C)C1CCN(CCOc2cccc(C#CCO)c2)C1. The molecule has 4 heteroatoms. The van der Waals surface area contributed by atoms with E-state index >= 15 is 0 Å². The highest BCUT2D eigenvalue weighted by Gasteiger charge is 2.23. The average molecular weight is 288 g/mol. The fourth-order valence-electron chi connectivity index (χ4n) is 2.53. The van der Waals surface area contributed by atoms with Gasteiger partial charge in [-0.3, -0.25) is 4.90 Å². The second kappa shape index (κ2) is 8.04. The van der Waals surface area contributed by atoms with Crippen LogP contribution in [-0.2, 0) is 0 Å². The van der Waals surface area contributed by atoms with E-state index in [4.69, 9.17) is 9.84 Å². The number of benzene rings is 1. The molecule has 114 valence electrons. The minimum atomic E-state index is -0.118. The van der Waals surface area contributed by atoms with Crippen molar-refractivity contribution >= 4 is 0 Å². The summed E-state index contributed by atoms with van der Waals surface area (Å²) in [7, 11) is 4.28. The summed E-state index contributed by atoms with van der Waals surface area (Å²) in [6, 6.07) is 8.36. The molecule has 21 heavy (non-hydrogen) atoms. The number of aliphatic hydroxyl groups excluding tert-OH is 1. The third kappa shape index (κ3) is 5.05. The molecule has 1 atom stereocenters. The van der Waals surface area contributed by atoms with Gasteiger partial charge in [-0.15, -0.1) is 0 Å². The zero-order valence-corrected chi connectivity index (χ0v) is 12.9. The van der Waals surface area contributed by atoms with E-state index in [2.05, 4.69) is 35.7 Å². The van der Waals surface area contributed by atoms with Gasteiger partial charge in [0, 0.05) is 24.7 Å². The maximum absolute atomic E-state index is 8.71. The Morgan fingerprint density at radius 1 is 1.43 bits per heavy atom. The molecule has 1 unspecified atom stereocenters. The van der Waals surface area contributed by atoms with Gasteiger partial charge < -0.3 is 14.7 Å². The van der Waals surface area contributed by atoms with Crippen LogP contribution in [0.2, 0.25) is 0 Å². The second-order valence-corrected chi connectivity index (χ2v) is 5.54. The van der Waals surface area contributed by atoms with Gasteiger partial charge in [0.15, 0.2) is 0 Å². The summed E-state index contributed by atoms with van der Waals surface area (Å²) >= 11 is 0. The standard InChI is InChI=1S/C17H24N2O2/c1-18(2)16-8-9-19(14-16)10-12-21-17-7-3-5-15(13-17)6-4-11-20/h3,5,7,13,16,20H,8-12,14H2,1-2H3. The Balaban J connectivity index is 1.76. The van der Waals surface area contributed by atoms with Crippen molar-refractivity contribution in [3.8, 4) is 17.6 Å². The number of likely N-dealkylation sites (N-methyl/N-ethyl adjacent to an activating group) is 1. The lowest BCUT2D eigenvalue weighted by atomic mass is 10.2. The van der Waals surface area contributed by atoms with Gasteiger partial charge in [0.05, 0.1) is 0 Å². The van der Waals surface area contributed by atoms with Gasteiger partial charge in [-0.25, -0.2) is 0 Å². The van der Waals surface area contributed by atoms with Crippen molar-refractivity contribution in [3.63, 3.8) is 0 Å². The molecule has 2 rings (SSSR count). The van der Waals surface area contributed by atoms with Crippen LogP contribution in [0.3, 0.4) is 0 Å². The van der Waals surface area contributed by atoms with Crippen LogP contribution in [-0.4, -0.2) is 67.9 Å². The van der Waals surface area contributed by atoms with Crippen molar-refractivity contribution in [1.29, 1.82) is 0 Å². The van der Waals surface area contributed by atoms with Gasteiger partial charge in [0.1, 0.15) is 19.0 Å². The van der Waals surface area contributed by atoms with E-state index in [-0.39, 0.29) is 6.61 Å². The van der Waals surface area contributed by atoms with E-state index in [0.717, 1.165) is 30.9 Å². The summed E-state index contributed by atoms with van der Waals surface area (Å²) in [5, 5.41) is 8.71. The number of hydrogen-bond donors (Lipinski definition) is 1. The number of rotatable bonds is 5. The van der Waals surface area contributed by atoms with Crippen LogP contribution in [0, 0.1) is 11.8 Å². The summed E-state index contributed by atoms with van der Waals surface area (Å²) in [4.78, 5) is 4.74. The van der Waals surface area contributed by atoms with Crippen molar-refractivity contribution in [3.05, 3.63) is 29.8 Å². The molecule has 0 bridgehead atoms. The van der Waals surface area contributed by atoms with Crippen LogP contribution < -0.4 is 4.74 Å². The Morgan fingerprint density at radius 3 is 3.00 bits per heavy atom. The first-order valence-electron chi connectivity index (χ1n) is 7.40. The second-order valence-electron chi connectivity index (χ2n) is 5.54. The molecule has 1 aromatic rings. The first-order chi connectivity index (χ1) is 10.2. The highest BCUT2D eigenvalue weighted by atomic mass is 16.5. The molecule has 1 aliphatic heterocycles. The summed E-state index contributed by atoms with van der Waals surface area (Å²) in [5.74, 6) is 6.37. The van der Waals surface area contributed by atoms with Crippen molar-refractivity contribution in [2.45, 2.75) is 12.5 Å². The van der Waals surface area contributed by atoms with E-state index in [0.29, 0.717) is 12.6 Å². The van der Waals surface area contributed by atoms with E-state index < -0.39 is 0 Å². The smallest absolute Gasteiger partial charge is 0.120 e. The lowest BCUT2D eigenvalue weighted by Crippen LogP contribution is -2.33. The lowest BCUT2D eigenvalue weighted by Gasteiger charge is -2.20. The van der Waals surface area contributed by atoms with Gasteiger partial charge in [-0.1, -0.05) is 17.9 Å². The Hall–Kier alpha value is -1.54. The van der Waals surface area contributed by atoms with Gasteiger partial charge in [0.25, 0.3) is 0 Å². The summed E-state index contributed by atoms with van der Waals surface area (Å²) in [6.45, 7) is 3.80. The predicted octanol–water partition coefficient (Wildman–Crippen LogP) is 1.05. The number of aliphatic hydroxyl groups is 1. The maximum atomic E-state index is 8.71. The summed E-state index contributed by atoms with van der Waals surface area (Å²) in [6.07, 6.45) is 1.24. The molecule has 1 aromatic carbocycles. The number of hydrogen-bond acceptors (Lipinski definition) is 4. The van der Waals surface area contributed by atoms with Crippen molar-refractivity contribution in [2.24, 2.45) is 0 Å². The molecular formula is C17H24N2O2. The quantitative estimate of drug-likeness (QED) is 0.822. The molecular weight excluding hydrogens is 264 g/mol. The maximum Gasteiger partial charge on any atom is 0.120 e. The summed E-state index contributed by atoms with van der Waals surface area (Å²) < 4.78 is 5.80. The van der Waals surface area contributed by atoms with Crippen LogP contribution in [0.15, 0.2) is 24.3 Å². The highest BCUT2D eigenvalue weighted by molar-refractivity contribution is 5.39. The van der Waals surface area contributed by atoms with E-state index in [1.807, 2.05) is 24.3 Å². The van der Waals surface area contributed by atoms with Crippen LogP contribution in [0.4, 0.5) is 0 Å². The molecule has 0 saturated carbocycles. The molecule has 1 heterocycles. The van der Waals surface area contributed by atoms with Crippen LogP contribution in [0.1, 0.15) is 12.0 Å². The fraction of sp³-hybridized carbons (Fsp3) is 0.529. The molecule has 0 aliphatic carbocycles. The molecule has 1 saturated heterocycles. The Bertz CT molecular complexity index is 505. The number of nitrogens with zero attached hydrogens (tertiary/aromatic N) is 2. The third-order valence-corrected chi connectivity index (χ3v) is 3.80. The average Bonchev–Trinajstić information content (AvgIpc) is 2.95. The van der Waals surface area contributed by atoms with Gasteiger partial charge >= 0.3 is 0 Å². The zero-order chi connectivity index (χ0) is 15.1. The Labute approximate surface area is 127 Å². The van der Waals surface area contributed by atoms with Crippen molar-refractivity contribution in [1.82, 2.24) is 9.80 Å². The minimum Gasteiger partial charge on any atom is -0.492 e.